The Labute approximate surface area is 311 Å². The van der Waals surface area contributed by atoms with Crippen molar-refractivity contribution in [2.75, 3.05) is 55.4 Å². The van der Waals surface area contributed by atoms with E-state index in [1.54, 1.807) is 65.6 Å². The van der Waals surface area contributed by atoms with E-state index in [2.05, 4.69) is 14.9 Å². The molecule has 2 fully saturated rings. The summed E-state index contributed by atoms with van der Waals surface area (Å²) in [5.41, 5.74) is 1.78. The lowest BCUT2D eigenvalue weighted by Crippen LogP contribution is -2.48. The number of likely N-dealkylation sites (tertiary alicyclic amines) is 1. The monoisotopic (exact) mass is 774 g/mol. The zero-order chi connectivity index (χ0) is 36.9. The van der Waals surface area contributed by atoms with Crippen LogP contribution in [0, 0.1) is 0 Å². The summed E-state index contributed by atoms with van der Waals surface area (Å²) in [4.78, 5) is 30.5. The number of aliphatic carboxylic acids is 1. The summed E-state index contributed by atoms with van der Waals surface area (Å²) < 4.78 is 73.3. The van der Waals surface area contributed by atoms with Crippen molar-refractivity contribution in [2.45, 2.75) is 30.7 Å². The lowest BCUT2D eigenvalue weighted by molar-refractivity contribution is -0.142. The molecule has 1 aromatic heterocycles. The summed E-state index contributed by atoms with van der Waals surface area (Å²) in [6.45, 7) is 2.82. The van der Waals surface area contributed by atoms with Crippen molar-refractivity contribution in [1.29, 1.82) is 0 Å². The van der Waals surface area contributed by atoms with Crippen molar-refractivity contribution in [2.24, 2.45) is 0 Å². The van der Waals surface area contributed by atoms with Crippen LogP contribution in [0.25, 0.3) is 0 Å². The van der Waals surface area contributed by atoms with Gasteiger partial charge in [0.05, 0.1) is 23.7 Å². The van der Waals surface area contributed by atoms with Gasteiger partial charge >= 0.3 is 12.1 Å². The number of anilines is 2. The van der Waals surface area contributed by atoms with Crippen LogP contribution >= 0.6 is 12.4 Å². The van der Waals surface area contributed by atoms with Crippen LogP contribution in [0.4, 0.5) is 24.5 Å². The number of rotatable bonds is 11. The van der Waals surface area contributed by atoms with E-state index >= 15 is 0 Å². The number of hydrogen-bond acceptors (Lipinski definition) is 9. The third-order valence-electron chi connectivity index (χ3n) is 9.07. The summed E-state index contributed by atoms with van der Waals surface area (Å²) >= 11 is 0. The highest BCUT2D eigenvalue weighted by Gasteiger charge is 2.33. The second kappa shape index (κ2) is 16.8. The van der Waals surface area contributed by atoms with Gasteiger partial charge < -0.3 is 19.6 Å². The fraction of sp³-hybridized carbons (Fsp3) is 0.333. The van der Waals surface area contributed by atoms with Gasteiger partial charge in [0.1, 0.15) is 5.75 Å². The third-order valence-corrected chi connectivity index (χ3v) is 10.3. The number of carbonyl (C=O) groups excluding carboxylic acids is 1. The third kappa shape index (κ3) is 10.4. The minimum atomic E-state index is -4.59. The molecule has 3 heterocycles. The van der Waals surface area contributed by atoms with E-state index in [1.165, 1.54) is 0 Å². The Bertz CT molecular complexity index is 1970. The summed E-state index contributed by atoms with van der Waals surface area (Å²) in [6.07, 6.45) is -3.22. The van der Waals surface area contributed by atoms with Gasteiger partial charge in [0.15, 0.2) is 5.69 Å². The molecule has 0 saturated carbocycles. The van der Waals surface area contributed by atoms with Crippen LogP contribution in [0.2, 0.25) is 0 Å². The second-order valence-electron chi connectivity index (χ2n) is 12.7. The molecule has 1 amide bonds. The summed E-state index contributed by atoms with van der Waals surface area (Å²) in [6, 6.07) is 22.9. The van der Waals surface area contributed by atoms with Crippen LogP contribution in [-0.4, -0.2) is 91.2 Å². The Kier molecular flexibility index (Phi) is 12.5. The molecule has 0 spiro atoms. The minimum Gasteiger partial charge on any atom is -0.480 e. The Hall–Kier alpha value is -4.93. The molecular formula is C36H38ClF3N6O6S. The van der Waals surface area contributed by atoms with Gasteiger partial charge in [-0.25, -0.2) is 8.42 Å². The van der Waals surface area contributed by atoms with Crippen LogP contribution < -0.4 is 14.4 Å². The molecule has 0 atom stereocenters. The molecule has 17 heteroatoms. The molecule has 0 unspecified atom stereocenters. The number of aromatic nitrogens is 2. The number of halogens is 4. The molecule has 53 heavy (non-hydrogen) atoms. The molecule has 0 bridgehead atoms. The zero-order valence-electron chi connectivity index (χ0n) is 28.4. The molecule has 282 valence electrons. The smallest absolute Gasteiger partial charge is 0.435 e. The SMILES string of the molecule is Cl.O=C(O)CN1CCN(c2ccc(C(=O)N3CCC(c4ccc(Oc5ccc(C(F)(F)F)nn5)cc4)CC3)cc2NS(=O)(=O)Cc2ccccc2)CC1. The Morgan fingerprint density at radius 1 is 0.868 bits per heavy atom. The molecule has 4 aromatic rings. The number of amides is 1. The predicted molar refractivity (Wildman–Crippen MR) is 194 cm³/mol. The highest BCUT2D eigenvalue weighted by molar-refractivity contribution is 7.91. The number of nitrogens with one attached hydrogen (secondary N) is 1. The largest absolute Gasteiger partial charge is 0.480 e. The number of alkyl halides is 3. The molecule has 2 saturated heterocycles. The number of piperidine rings is 1. The van der Waals surface area contributed by atoms with Crippen molar-refractivity contribution in [3.05, 3.63) is 107 Å². The number of carboxylic acids is 1. The minimum absolute atomic E-state index is 0. The van der Waals surface area contributed by atoms with Crippen molar-refractivity contribution < 1.29 is 41.0 Å². The van der Waals surface area contributed by atoms with Gasteiger partial charge in [0, 0.05) is 50.9 Å². The van der Waals surface area contributed by atoms with Gasteiger partial charge in [-0.15, -0.1) is 22.6 Å². The molecule has 3 aromatic carbocycles. The van der Waals surface area contributed by atoms with E-state index in [1.807, 2.05) is 21.9 Å². The maximum absolute atomic E-state index is 13.8. The first-order valence-electron chi connectivity index (χ1n) is 16.7. The maximum atomic E-state index is 13.8. The predicted octanol–water partition coefficient (Wildman–Crippen LogP) is 5.88. The number of ether oxygens (including phenoxy) is 1. The van der Waals surface area contributed by atoms with Crippen molar-refractivity contribution in [1.82, 2.24) is 20.0 Å². The number of carbonyl (C=O) groups is 2. The Morgan fingerprint density at radius 3 is 2.15 bits per heavy atom. The summed E-state index contributed by atoms with van der Waals surface area (Å²) in [5.74, 6) is -0.889. The van der Waals surface area contributed by atoms with Gasteiger partial charge in [-0.2, -0.15) is 13.2 Å². The standard InChI is InChI=1S/C36H37F3N6O6S.ClH/c37-36(38,39)32-12-13-33(41-40-32)51-29-9-6-26(7-10-29)27-14-16-45(17-15-27)35(48)28-8-11-31(44-20-18-43(19-21-44)23-34(46)47)30(22-28)42-52(49,50)24-25-4-2-1-3-5-25;/h1-13,22,27,42H,14-21,23-24H2,(H,46,47);1H. The van der Waals surface area contributed by atoms with E-state index in [0.29, 0.717) is 74.7 Å². The summed E-state index contributed by atoms with van der Waals surface area (Å²) in [7, 11) is -3.86. The topological polar surface area (TPSA) is 145 Å². The number of hydrogen-bond donors (Lipinski definition) is 2. The number of piperazine rings is 1. The van der Waals surface area contributed by atoms with E-state index in [4.69, 9.17) is 4.74 Å². The van der Waals surface area contributed by atoms with Gasteiger partial charge in [0.25, 0.3) is 5.91 Å². The summed E-state index contributed by atoms with van der Waals surface area (Å²) in [5, 5.41) is 15.8. The fourth-order valence-corrected chi connectivity index (χ4v) is 7.62. The van der Waals surface area contributed by atoms with Crippen LogP contribution in [0.3, 0.4) is 0 Å². The van der Waals surface area contributed by atoms with Gasteiger partial charge in [-0.3, -0.25) is 19.2 Å². The van der Waals surface area contributed by atoms with Gasteiger partial charge in [-0.05, 0) is 66.3 Å². The first-order chi connectivity index (χ1) is 24.8. The first kappa shape index (κ1) is 39.3. The number of nitrogens with zero attached hydrogens (tertiary/aromatic N) is 5. The normalized spacial score (nSPS) is 15.8. The van der Waals surface area contributed by atoms with Crippen LogP contribution in [0.15, 0.2) is 84.9 Å². The van der Waals surface area contributed by atoms with E-state index in [9.17, 15) is 36.3 Å². The average Bonchev–Trinajstić information content (AvgIpc) is 3.12. The van der Waals surface area contributed by atoms with Crippen molar-refractivity contribution >= 4 is 45.7 Å². The first-order valence-corrected chi connectivity index (χ1v) is 18.3. The van der Waals surface area contributed by atoms with E-state index in [-0.39, 0.29) is 48.1 Å². The maximum Gasteiger partial charge on any atom is 0.435 e. The van der Waals surface area contributed by atoms with Crippen LogP contribution in [0.5, 0.6) is 11.6 Å². The number of benzene rings is 3. The molecule has 0 aliphatic carbocycles. The second-order valence-corrected chi connectivity index (χ2v) is 14.5. The lowest BCUT2D eigenvalue weighted by atomic mass is 9.89. The molecule has 2 aliphatic heterocycles. The van der Waals surface area contributed by atoms with Crippen LogP contribution in [0.1, 0.15) is 45.9 Å². The number of sulfonamides is 1. The molecule has 0 radical (unpaired) electrons. The highest BCUT2D eigenvalue weighted by Crippen LogP contribution is 2.34. The average molecular weight is 775 g/mol. The van der Waals surface area contributed by atoms with Gasteiger partial charge in [0.2, 0.25) is 15.9 Å². The van der Waals surface area contributed by atoms with Crippen molar-refractivity contribution in [3.8, 4) is 11.6 Å². The van der Waals surface area contributed by atoms with Crippen LogP contribution in [-0.2, 0) is 26.7 Å². The Morgan fingerprint density at radius 2 is 1.55 bits per heavy atom. The molecular weight excluding hydrogens is 737 g/mol. The quantitative estimate of drug-likeness (QED) is 0.190. The van der Waals surface area contributed by atoms with E-state index in [0.717, 1.165) is 17.7 Å². The van der Waals surface area contributed by atoms with Gasteiger partial charge in [-0.1, -0.05) is 42.5 Å². The Balaban J connectivity index is 0.00000541. The van der Waals surface area contributed by atoms with Crippen molar-refractivity contribution in [3.63, 3.8) is 0 Å². The molecule has 12 nitrogen and oxygen atoms in total. The van der Waals surface area contributed by atoms with E-state index < -0.39 is 27.9 Å². The number of carboxylic acid groups (broad SMARTS) is 1. The molecule has 2 N–H and O–H groups in total. The molecule has 2 aliphatic rings. The fourth-order valence-electron chi connectivity index (χ4n) is 6.41. The lowest BCUT2D eigenvalue weighted by Gasteiger charge is -2.36. The highest BCUT2D eigenvalue weighted by atomic mass is 35.5. The molecule has 6 rings (SSSR count). The zero-order valence-corrected chi connectivity index (χ0v) is 30.0.